The van der Waals surface area contributed by atoms with Crippen LogP contribution in [0.15, 0.2) is 10.4 Å². The third-order valence-corrected chi connectivity index (χ3v) is 5.89. The number of alkyl halides is 3. The van der Waals surface area contributed by atoms with Crippen LogP contribution in [-0.4, -0.2) is 67.1 Å². The molecular formula is C17H27F3IN5S. The Kier molecular flexibility index (Phi) is 8.60. The molecule has 10 heteroatoms. The molecule has 3 heterocycles. The average Bonchev–Trinajstić information content (AvgIpc) is 3.33. The van der Waals surface area contributed by atoms with Gasteiger partial charge in [0.2, 0.25) is 0 Å². The molecule has 2 saturated heterocycles. The number of aliphatic imine (C=N–C) groups is 1. The van der Waals surface area contributed by atoms with Gasteiger partial charge in [0, 0.05) is 45.0 Å². The van der Waals surface area contributed by atoms with Crippen LogP contribution in [0.4, 0.5) is 13.2 Å². The molecule has 0 spiro atoms. The van der Waals surface area contributed by atoms with Gasteiger partial charge < -0.3 is 15.1 Å². The first-order valence-electron chi connectivity index (χ1n) is 9.15. The van der Waals surface area contributed by atoms with Crippen LogP contribution < -0.4 is 5.32 Å². The van der Waals surface area contributed by atoms with Crippen LogP contribution in [0.1, 0.15) is 30.0 Å². The van der Waals surface area contributed by atoms with E-state index in [1.165, 1.54) is 32.4 Å². The molecule has 27 heavy (non-hydrogen) atoms. The van der Waals surface area contributed by atoms with Crippen LogP contribution in [0.2, 0.25) is 0 Å². The zero-order valence-electron chi connectivity index (χ0n) is 15.5. The fourth-order valence-electron chi connectivity index (χ4n) is 3.67. The van der Waals surface area contributed by atoms with Crippen molar-refractivity contribution >= 4 is 41.3 Å². The highest BCUT2D eigenvalue weighted by Gasteiger charge is 2.33. The molecule has 0 saturated carbocycles. The zero-order chi connectivity index (χ0) is 18.6. The highest BCUT2D eigenvalue weighted by Crippen LogP contribution is 2.30. The standard InChI is InChI=1S/C17H26F3N5S.HI/c1-21-16(22-6-4-15-23-14(12-26-15)17(18,19)20)25-9-5-13(11-25)10-24-7-2-3-8-24;/h12-13H,2-11H2,1H3,(H,21,22);1H. The first-order chi connectivity index (χ1) is 12.5. The number of aromatic nitrogens is 1. The van der Waals surface area contributed by atoms with E-state index in [-0.39, 0.29) is 24.0 Å². The van der Waals surface area contributed by atoms with Crippen LogP contribution in [0.3, 0.4) is 0 Å². The smallest absolute Gasteiger partial charge is 0.356 e. The molecule has 1 aromatic heterocycles. The van der Waals surface area contributed by atoms with E-state index < -0.39 is 11.9 Å². The summed E-state index contributed by atoms with van der Waals surface area (Å²) in [6.07, 6.45) is -0.111. The van der Waals surface area contributed by atoms with Gasteiger partial charge in [-0.1, -0.05) is 0 Å². The van der Waals surface area contributed by atoms with Gasteiger partial charge in [-0.05, 0) is 38.3 Å². The Labute approximate surface area is 179 Å². The lowest BCUT2D eigenvalue weighted by Crippen LogP contribution is -2.41. The number of halogens is 4. The molecule has 0 aromatic carbocycles. The van der Waals surface area contributed by atoms with Crippen molar-refractivity contribution in [3.05, 3.63) is 16.1 Å². The van der Waals surface area contributed by atoms with Gasteiger partial charge in [-0.25, -0.2) is 4.98 Å². The van der Waals surface area contributed by atoms with E-state index in [0.29, 0.717) is 23.9 Å². The molecule has 1 atom stereocenters. The van der Waals surface area contributed by atoms with E-state index in [1.807, 2.05) is 0 Å². The molecule has 2 fully saturated rings. The van der Waals surface area contributed by atoms with Crippen molar-refractivity contribution in [2.45, 2.75) is 31.9 Å². The lowest BCUT2D eigenvalue weighted by atomic mass is 10.1. The van der Waals surface area contributed by atoms with Crippen LogP contribution in [-0.2, 0) is 12.6 Å². The summed E-state index contributed by atoms with van der Waals surface area (Å²) in [4.78, 5) is 12.8. The molecule has 2 aliphatic rings. The summed E-state index contributed by atoms with van der Waals surface area (Å²) in [5, 5.41) is 4.84. The van der Waals surface area contributed by atoms with Gasteiger partial charge in [0.15, 0.2) is 11.7 Å². The molecule has 1 N–H and O–H groups in total. The average molecular weight is 517 g/mol. The molecule has 3 rings (SSSR count). The van der Waals surface area contributed by atoms with Crippen molar-refractivity contribution in [2.75, 3.05) is 46.3 Å². The number of hydrogen-bond donors (Lipinski definition) is 1. The first kappa shape index (κ1) is 22.7. The van der Waals surface area contributed by atoms with Crippen molar-refractivity contribution in [1.29, 1.82) is 0 Å². The molecule has 0 radical (unpaired) electrons. The van der Waals surface area contributed by atoms with Crippen LogP contribution >= 0.6 is 35.3 Å². The molecule has 0 bridgehead atoms. The van der Waals surface area contributed by atoms with Crippen LogP contribution in [0, 0.1) is 5.92 Å². The highest BCUT2D eigenvalue weighted by molar-refractivity contribution is 14.0. The summed E-state index contributed by atoms with van der Waals surface area (Å²) < 4.78 is 37.8. The molecule has 5 nitrogen and oxygen atoms in total. The van der Waals surface area contributed by atoms with E-state index in [1.54, 1.807) is 7.05 Å². The summed E-state index contributed by atoms with van der Waals surface area (Å²) in [6, 6.07) is 0. The lowest BCUT2D eigenvalue weighted by molar-refractivity contribution is -0.140. The number of hydrogen-bond acceptors (Lipinski definition) is 4. The monoisotopic (exact) mass is 517 g/mol. The number of nitrogens with zero attached hydrogens (tertiary/aromatic N) is 4. The summed E-state index contributed by atoms with van der Waals surface area (Å²) >= 11 is 1.06. The number of nitrogens with one attached hydrogen (secondary N) is 1. The second-order valence-corrected chi connectivity index (χ2v) is 7.90. The molecule has 1 aromatic rings. The van der Waals surface area contributed by atoms with E-state index in [9.17, 15) is 13.2 Å². The molecule has 1 unspecified atom stereocenters. The number of rotatable bonds is 5. The Morgan fingerprint density at radius 1 is 1.33 bits per heavy atom. The molecule has 0 aliphatic carbocycles. The third kappa shape index (κ3) is 6.45. The second-order valence-electron chi connectivity index (χ2n) is 6.96. The van der Waals surface area contributed by atoms with Crippen molar-refractivity contribution in [3.8, 4) is 0 Å². The van der Waals surface area contributed by atoms with Gasteiger partial charge in [-0.2, -0.15) is 13.2 Å². The maximum Gasteiger partial charge on any atom is 0.434 e. The summed E-state index contributed by atoms with van der Waals surface area (Å²) in [5.74, 6) is 1.50. The normalized spacial score (nSPS) is 21.6. The van der Waals surface area contributed by atoms with Gasteiger partial charge in [0.05, 0.1) is 5.01 Å². The predicted molar refractivity (Wildman–Crippen MR) is 113 cm³/mol. The Hall–Kier alpha value is -0.620. The van der Waals surface area contributed by atoms with E-state index in [0.717, 1.165) is 42.3 Å². The van der Waals surface area contributed by atoms with E-state index in [2.05, 4.69) is 25.1 Å². The minimum absolute atomic E-state index is 0. The molecular weight excluding hydrogens is 490 g/mol. The minimum Gasteiger partial charge on any atom is -0.356 e. The minimum atomic E-state index is -4.36. The second kappa shape index (κ2) is 10.2. The topological polar surface area (TPSA) is 43.8 Å². The summed E-state index contributed by atoms with van der Waals surface area (Å²) in [5.41, 5.74) is -0.800. The summed E-state index contributed by atoms with van der Waals surface area (Å²) in [7, 11) is 1.75. The van der Waals surface area contributed by atoms with Crippen molar-refractivity contribution < 1.29 is 13.2 Å². The number of guanidine groups is 1. The van der Waals surface area contributed by atoms with Gasteiger partial charge in [0.25, 0.3) is 0 Å². The maximum absolute atomic E-state index is 12.6. The molecule has 154 valence electrons. The van der Waals surface area contributed by atoms with Crippen molar-refractivity contribution in [1.82, 2.24) is 20.1 Å². The SMILES string of the molecule is CN=C(NCCc1nc(C(F)(F)F)cs1)N1CCC(CN2CCCC2)C1.I. The largest absolute Gasteiger partial charge is 0.434 e. The Morgan fingerprint density at radius 2 is 2.07 bits per heavy atom. The lowest BCUT2D eigenvalue weighted by Gasteiger charge is -2.23. The Balaban J connectivity index is 0.00000261. The van der Waals surface area contributed by atoms with E-state index >= 15 is 0 Å². The Morgan fingerprint density at radius 3 is 2.70 bits per heavy atom. The summed E-state index contributed by atoms with van der Waals surface area (Å²) in [6.45, 7) is 6.10. The zero-order valence-corrected chi connectivity index (χ0v) is 18.6. The maximum atomic E-state index is 12.6. The van der Waals surface area contributed by atoms with Crippen LogP contribution in [0.5, 0.6) is 0 Å². The fourth-order valence-corrected chi connectivity index (χ4v) is 4.48. The predicted octanol–water partition coefficient (Wildman–Crippen LogP) is 3.32. The van der Waals surface area contributed by atoms with Gasteiger partial charge >= 0.3 is 6.18 Å². The van der Waals surface area contributed by atoms with Crippen molar-refractivity contribution in [2.24, 2.45) is 10.9 Å². The van der Waals surface area contributed by atoms with Crippen molar-refractivity contribution in [3.63, 3.8) is 0 Å². The van der Waals surface area contributed by atoms with Gasteiger partial charge in [0.1, 0.15) is 0 Å². The Bertz CT molecular complexity index is 616. The number of thiazole rings is 1. The van der Waals surface area contributed by atoms with Gasteiger partial charge in [-0.3, -0.25) is 4.99 Å². The highest BCUT2D eigenvalue weighted by atomic mass is 127. The molecule has 0 amide bonds. The van der Waals surface area contributed by atoms with E-state index in [4.69, 9.17) is 0 Å². The van der Waals surface area contributed by atoms with Crippen LogP contribution in [0.25, 0.3) is 0 Å². The first-order valence-corrected chi connectivity index (χ1v) is 10.0. The fraction of sp³-hybridized carbons (Fsp3) is 0.765. The molecule has 2 aliphatic heterocycles. The third-order valence-electron chi connectivity index (χ3n) is 4.98. The number of likely N-dealkylation sites (tertiary alicyclic amines) is 2. The quantitative estimate of drug-likeness (QED) is 0.370. The van der Waals surface area contributed by atoms with Gasteiger partial charge in [-0.15, -0.1) is 35.3 Å².